The Morgan fingerprint density at radius 2 is 1.77 bits per heavy atom. The molecular weight excluding hydrogens is 352 g/mol. The highest BCUT2D eigenvalue weighted by Crippen LogP contribution is 2.22. The predicted molar refractivity (Wildman–Crippen MR) is 81.9 cm³/mol. The van der Waals surface area contributed by atoms with Crippen molar-refractivity contribution in [1.29, 1.82) is 0 Å². The number of nitrogens with one attached hydrogen (secondary N) is 1. The average molecular weight is 361 g/mol. The SMILES string of the molecule is O=C1NC(=O)N(c2ccccc2)C(=O)/C1=C/c1ccc(Br)o1. The van der Waals surface area contributed by atoms with Crippen LogP contribution in [0, 0.1) is 0 Å². The van der Waals surface area contributed by atoms with Crippen molar-refractivity contribution < 1.29 is 18.8 Å². The number of imide groups is 2. The maximum atomic E-state index is 12.5. The Kier molecular flexibility index (Phi) is 3.64. The molecule has 1 aliphatic heterocycles. The van der Waals surface area contributed by atoms with Crippen LogP contribution in [0.25, 0.3) is 6.08 Å². The van der Waals surface area contributed by atoms with Crippen molar-refractivity contribution in [3.05, 3.63) is 58.5 Å². The average Bonchev–Trinajstić information content (AvgIpc) is 2.90. The van der Waals surface area contributed by atoms with Crippen LogP contribution in [0.15, 0.2) is 57.1 Å². The van der Waals surface area contributed by atoms with Crippen LogP contribution in [0.4, 0.5) is 10.5 Å². The first kappa shape index (κ1) is 14.3. The summed E-state index contributed by atoms with van der Waals surface area (Å²) < 4.78 is 5.73. The summed E-state index contributed by atoms with van der Waals surface area (Å²) in [7, 11) is 0. The van der Waals surface area contributed by atoms with Gasteiger partial charge in [-0.15, -0.1) is 0 Å². The smallest absolute Gasteiger partial charge is 0.335 e. The Bertz CT molecular complexity index is 795. The topological polar surface area (TPSA) is 79.6 Å². The highest BCUT2D eigenvalue weighted by atomic mass is 79.9. The minimum absolute atomic E-state index is 0.176. The zero-order valence-electron chi connectivity index (χ0n) is 11.1. The molecule has 3 rings (SSSR count). The molecule has 2 aromatic rings. The van der Waals surface area contributed by atoms with E-state index in [1.807, 2.05) is 0 Å². The molecule has 1 aliphatic rings. The number of anilines is 1. The van der Waals surface area contributed by atoms with Crippen LogP contribution in [-0.2, 0) is 9.59 Å². The van der Waals surface area contributed by atoms with E-state index < -0.39 is 17.8 Å². The lowest BCUT2D eigenvalue weighted by Gasteiger charge is -2.26. The van der Waals surface area contributed by atoms with Crippen LogP contribution < -0.4 is 10.2 Å². The normalized spacial score (nSPS) is 17.0. The van der Waals surface area contributed by atoms with E-state index in [1.165, 1.54) is 6.08 Å². The molecule has 1 N–H and O–H groups in total. The van der Waals surface area contributed by atoms with Crippen LogP contribution in [-0.4, -0.2) is 17.8 Å². The Labute approximate surface area is 133 Å². The number of halogens is 1. The van der Waals surface area contributed by atoms with Crippen LogP contribution in [0.3, 0.4) is 0 Å². The highest BCUT2D eigenvalue weighted by molar-refractivity contribution is 9.10. The molecule has 0 radical (unpaired) electrons. The fourth-order valence-corrected chi connectivity index (χ4v) is 2.34. The third-order valence-corrected chi connectivity index (χ3v) is 3.42. The van der Waals surface area contributed by atoms with Gasteiger partial charge in [0.2, 0.25) is 0 Å². The Balaban J connectivity index is 2.01. The van der Waals surface area contributed by atoms with E-state index in [0.717, 1.165) is 4.90 Å². The monoisotopic (exact) mass is 360 g/mol. The number of para-hydroxylation sites is 1. The molecule has 4 amide bonds. The van der Waals surface area contributed by atoms with Crippen LogP contribution in [0.2, 0.25) is 0 Å². The minimum Gasteiger partial charge on any atom is -0.450 e. The molecule has 1 saturated heterocycles. The van der Waals surface area contributed by atoms with Crippen molar-refractivity contribution in [2.45, 2.75) is 0 Å². The molecule has 1 fully saturated rings. The Morgan fingerprint density at radius 1 is 1.05 bits per heavy atom. The van der Waals surface area contributed by atoms with Crippen molar-refractivity contribution in [3.8, 4) is 0 Å². The molecule has 6 nitrogen and oxygen atoms in total. The molecule has 22 heavy (non-hydrogen) atoms. The molecule has 0 bridgehead atoms. The lowest BCUT2D eigenvalue weighted by molar-refractivity contribution is -0.122. The number of amides is 4. The third-order valence-electron chi connectivity index (χ3n) is 3.00. The van der Waals surface area contributed by atoms with Gasteiger partial charge in [-0.25, -0.2) is 9.69 Å². The summed E-state index contributed by atoms with van der Waals surface area (Å²) in [4.78, 5) is 37.2. The zero-order valence-corrected chi connectivity index (χ0v) is 12.7. The molecule has 0 atom stereocenters. The number of hydrogen-bond acceptors (Lipinski definition) is 4. The molecule has 0 aliphatic carbocycles. The van der Waals surface area contributed by atoms with Gasteiger partial charge in [0, 0.05) is 0 Å². The zero-order chi connectivity index (χ0) is 15.7. The van der Waals surface area contributed by atoms with E-state index >= 15 is 0 Å². The number of furan rings is 1. The molecular formula is C15H9BrN2O4. The van der Waals surface area contributed by atoms with Crippen LogP contribution in [0.5, 0.6) is 0 Å². The summed E-state index contributed by atoms with van der Waals surface area (Å²) in [6.45, 7) is 0. The van der Waals surface area contributed by atoms with Gasteiger partial charge >= 0.3 is 6.03 Å². The van der Waals surface area contributed by atoms with E-state index in [4.69, 9.17) is 4.42 Å². The lowest BCUT2D eigenvalue weighted by atomic mass is 10.1. The summed E-state index contributed by atoms with van der Waals surface area (Å²) in [5.41, 5.74) is 0.203. The van der Waals surface area contributed by atoms with Gasteiger partial charge in [0.15, 0.2) is 4.67 Å². The third kappa shape index (κ3) is 2.58. The van der Waals surface area contributed by atoms with E-state index in [-0.39, 0.29) is 5.57 Å². The molecule has 0 spiro atoms. The molecule has 7 heteroatoms. The quantitative estimate of drug-likeness (QED) is 0.659. The largest absolute Gasteiger partial charge is 0.450 e. The second kappa shape index (κ2) is 5.61. The highest BCUT2D eigenvalue weighted by Gasteiger charge is 2.36. The first-order chi connectivity index (χ1) is 10.6. The molecule has 0 saturated carbocycles. The van der Waals surface area contributed by atoms with E-state index in [0.29, 0.717) is 16.1 Å². The number of urea groups is 1. The molecule has 1 aromatic heterocycles. The molecule has 1 aromatic carbocycles. The minimum atomic E-state index is -0.779. The second-order valence-electron chi connectivity index (χ2n) is 4.44. The standard InChI is InChI=1S/C15H9BrN2O4/c16-12-7-6-10(22-12)8-11-13(19)17-15(21)18(14(11)20)9-4-2-1-3-5-9/h1-8H,(H,17,19,21)/b11-8+. The van der Waals surface area contributed by atoms with Gasteiger partial charge < -0.3 is 4.42 Å². The van der Waals surface area contributed by atoms with Crippen molar-refractivity contribution in [2.75, 3.05) is 4.90 Å². The maximum absolute atomic E-state index is 12.5. The first-order valence-corrected chi connectivity index (χ1v) is 7.07. The number of carbonyl (C=O) groups is 3. The van der Waals surface area contributed by atoms with Gasteiger partial charge in [0.25, 0.3) is 11.8 Å². The summed E-state index contributed by atoms with van der Waals surface area (Å²) >= 11 is 3.14. The van der Waals surface area contributed by atoms with Gasteiger partial charge in [-0.3, -0.25) is 14.9 Å². The summed E-state index contributed by atoms with van der Waals surface area (Å²) in [6.07, 6.45) is 1.30. The van der Waals surface area contributed by atoms with Gasteiger partial charge in [-0.2, -0.15) is 0 Å². The van der Waals surface area contributed by atoms with E-state index in [1.54, 1.807) is 42.5 Å². The van der Waals surface area contributed by atoms with Gasteiger partial charge in [-0.05, 0) is 46.3 Å². The van der Waals surface area contributed by atoms with E-state index in [2.05, 4.69) is 21.2 Å². The lowest BCUT2D eigenvalue weighted by Crippen LogP contribution is -2.54. The maximum Gasteiger partial charge on any atom is 0.335 e. The van der Waals surface area contributed by atoms with Gasteiger partial charge in [0.1, 0.15) is 11.3 Å². The summed E-state index contributed by atoms with van der Waals surface area (Å²) in [5, 5.41) is 2.14. The van der Waals surface area contributed by atoms with E-state index in [9.17, 15) is 14.4 Å². The number of nitrogens with zero attached hydrogens (tertiary/aromatic N) is 1. The summed E-state index contributed by atoms with van der Waals surface area (Å²) in [5.74, 6) is -1.13. The first-order valence-electron chi connectivity index (χ1n) is 6.28. The van der Waals surface area contributed by atoms with Crippen molar-refractivity contribution in [3.63, 3.8) is 0 Å². The Morgan fingerprint density at radius 3 is 2.41 bits per heavy atom. The number of barbiturate groups is 1. The van der Waals surface area contributed by atoms with Crippen molar-refractivity contribution in [1.82, 2.24) is 5.32 Å². The van der Waals surface area contributed by atoms with Crippen LogP contribution >= 0.6 is 15.9 Å². The molecule has 0 unspecified atom stereocenters. The fraction of sp³-hybridized carbons (Fsp3) is 0. The number of hydrogen-bond donors (Lipinski definition) is 1. The fourth-order valence-electron chi connectivity index (χ4n) is 2.02. The van der Waals surface area contributed by atoms with Crippen molar-refractivity contribution >= 4 is 45.5 Å². The van der Waals surface area contributed by atoms with Crippen molar-refractivity contribution in [2.24, 2.45) is 0 Å². The number of benzene rings is 1. The number of rotatable bonds is 2. The Hall–Kier alpha value is -2.67. The molecule has 110 valence electrons. The summed E-state index contributed by atoms with van der Waals surface area (Å²) in [6, 6.07) is 10.8. The van der Waals surface area contributed by atoms with Gasteiger partial charge in [-0.1, -0.05) is 18.2 Å². The second-order valence-corrected chi connectivity index (χ2v) is 5.22. The molecule has 2 heterocycles. The van der Waals surface area contributed by atoms with Gasteiger partial charge in [0.05, 0.1) is 5.69 Å². The predicted octanol–water partition coefficient (Wildman–Crippen LogP) is 2.71. The van der Waals surface area contributed by atoms with Crippen LogP contribution in [0.1, 0.15) is 5.76 Å². The number of carbonyl (C=O) groups excluding carboxylic acids is 3.